The highest BCUT2D eigenvalue weighted by atomic mass is 32.2. The van der Waals surface area contributed by atoms with Gasteiger partial charge >= 0.3 is 17.9 Å². The maximum Gasteiger partial charge on any atom is 0.351 e. The van der Waals surface area contributed by atoms with Crippen molar-refractivity contribution in [1.29, 1.82) is 0 Å². The maximum absolute atomic E-state index is 10.2. The molecule has 2 atom stereocenters. The summed E-state index contributed by atoms with van der Waals surface area (Å²) in [5, 5.41) is 24.5. The van der Waals surface area contributed by atoms with Crippen LogP contribution in [0.25, 0.3) is 0 Å². The van der Waals surface area contributed by atoms with Crippen LogP contribution in [0.15, 0.2) is 12.3 Å². The molecule has 0 spiro atoms. The van der Waals surface area contributed by atoms with Crippen LogP contribution in [0.2, 0.25) is 0 Å². The molecule has 0 aliphatic rings. The second kappa shape index (κ2) is 10.2. The van der Waals surface area contributed by atoms with Crippen molar-refractivity contribution in [3.05, 3.63) is 12.3 Å². The molecule has 0 fully saturated rings. The lowest BCUT2D eigenvalue weighted by Crippen LogP contribution is -2.36. The Kier molecular flexibility index (Phi) is 10.5. The fourth-order valence-corrected chi connectivity index (χ4v) is 1.39. The van der Waals surface area contributed by atoms with E-state index in [9.17, 15) is 14.4 Å². The summed E-state index contributed by atoms with van der Waals surface area (Å²) in [6.45, 7) is 2.93. The topological polar surface area (TPSA) is 190 Å². The van der Waals surface area contributed by atoms with Gasteiger partial charge in [-0.15, -0.1) is 0 Å². The molecular weight excluding hydrogens is 278 g/mol. The normalized spacial score (nSPS) is 12.5. The first-order chi connectivity index (χ1) is 8.59. The molecule has 0 amide bonds. The van der Waals surface area contributed by atoms with Crippen molar-refractivity contribution < 1.29 is 29.7 Å². The molecule has 0 rings (SSSR count). The molecule has 0 bridgehead atoms. The number of thioether (sulfide) groups is 1. The Morgan fingerprint density at radius 3 is 1.42 bits per heavy atom. The summed E-state index contributed by atoms with van der Waals surface area (Å²) in [7, 11) is 0. The largest absolute Gasteiger partial charge is 0.480 e. The van der Waals surface area contributed by atoms with Crippen LogP contribution in [-0.4, -0.2) is 56.8 Å². The molecule has 0 aliphatic carbocycles. The number of aliphatic carboxylic acids is 3. The van der Waals surface area contributed by atoms with Crippen LogP contribution in [0.3, 0.4) is 0 Å². The summed E-state index contributed by atoms with van der Waals surface area (Å²) in [6.07, 6.45) is 0. The quantitative estimate of drug-likeness (QED) is 0.289. The number of carbonyl (C=O) groups is 3. The molecule has 0 aromatic carbocycles. The van der Waals surface area contributed by atoms with Crippen LogP contribution in [0.1, 0.15) is 0 Å². The maximum atomic E-state index is 10.2. The van der Waals surface area contributed by atoms with E-state index in [0.29, 0.717) is 0 Å². The van der Waals surface area contributed by atoms with Gasteiger partial charge in [-0.1, -0.05) is 6.58 Å². The Morgan fingerprint density at radius 2 is 1.26 bits per heavy atom. The summed E-state index contributed by atoms with van der Waals surface area (Å²) in [4.78, 5) is 29.9. The van der Waals surface area contributed by atoms with Gasteiger partial charge in [0.25, 0.3) is 0 Å². The fraction of sp³-hybridized carbons (Fsp3) is 0.444. The monoisotopic (exact) mass is 295 g/mol. The van der Waals surface area contributed by atoms with E-state index in [1.165, 1.54) is 0 Å². The second-order valence-corrected chi connectivity index (χ2v) is 4.33. The smallest absolute Gasteiger partial charge is 0.351 e. The molecular formula is C9H17N3O6S. The number of carboxylic acid groups (broad SMARTS) is 3. The third-order valence-electron chi connectivity index (χ3n) is 1.50. The number of hydrogen-bond donors (Lipinski definition) is 6. The molecule has 0 saturated heterocycles. The van der Waals surface area contributed by atoms with Gasteiger partial charge in [-0.05, 0) is 0 Å². The van der Waals surface area contributed by atoms with Gasteiger partial charge in [0, 0.05) is 11.5 Å². The molecule has 0 heterocycles. The number of hydrogen-bond acceptors (Lipinski definition) is 7. The highest BCUT2D eigenvalue weighted by Crippen LogP contribution is 2.03. The molecule has 19 heavy (non-hydrogen) atoms. The van der Waals surface area contributed by atoms with Crippen LogP contribution in [-0.2, 0) is 14.4 Å². The van der Waals surface area contributed by atoms with Crippen molar-refractivity contribution in [3.8, 4) is 0 Å². The van der Waals surface area contributed by atoms with Crippen molar-refractivity contribution in [2.24, 2.45) is 17.2 Å². The van der Waals surface area contributed by atoms with Crippen LogP contribution in [0, 0.1) is 0 Å². The van der Waals surface area contributed by atoms with E-state index in [0.717, 1.165) is 11.8 Å². The first kappa shape index (κ1) is 19.6. The Morgan fingerprint density at radius 1 is 1.00 bits per heavy atom. The molecule has 0 aromatic rings. The van der Waals surface area contributed by atoms with Crippen molar-refractivity contribution >= 4 is 29.7 Å². The predicted octanol–water partition coefficient (Wildman–Crippen LogP) is -1.91. The fourth-order valence-electron chi connectivity index (χ4n) is 0.465. The molecule has 0 aromatic heterocycles. The van der Waals surface area contributed by atoms with E-state index in [2.05, 4.69) is 12.3 Å². The SMILES string of the molecule is C=C(N)C(=O)O.N[C@@H](CSC[C@H](N)C(=O)O)C(=O)O. The van der Waals surface area contributed by atoms with E-state index >= 15 is 0 Å². The lowest BCUT2D eigenvalue weighted by Gasteiger charge is -2.07. The average Bonchev–Trinajstić information content (AvgIpc) is 2.28. The summed E-state index contributed by atoms with van der Waals surface area (Å²) >= 11 is 1.11. The molecule has 10 heteroatoms. The lowest BCUT2D eigenvalue weighted by atomic mass is 10.4. The third kappa shape index (κ3) is 12.5. The van der Waals surface area contributed by atoms with Gasteiger partial charge in [-0.3, -0.25) is 9.59 Å². The Labute approximate surface area is 113 Å². The highest BCUT2D eigenvalue weighted by molar-refractivity contribution is 7.99. The zero-order valence-electron chi connectivity index (χ0n) is 9.98. The molecule has 0 saturated carbocycles. The van der Waals surface area contributed by atoms with Crippen molar-refractivity contribution in [2.45, 2.75) is 12.1 Å². The number of rotatable bonds is 7. The lowest BCUT2D eigenvalue weighted by molar-refractivity contribution is -0.138. The molecule has 110 valence electrons. The van der Waals surface area contributed by atoms with Crippen LogP contribution in [0.5, 0.6) is 0 Å². The van der Waals surface area contributed by atoms with E-state index in [1.807, 2.05) is 0 Å². The summed E-state index contributed by atoms with van der Waals surface area (Å²) in [6, 6.07) is -1.93. The minimum atomic E-state index is -1.16. The van der Waals surface area contributed by atoms with Crippen LogP contribution < -0.4 is 17.2 Å². The van der Waals surface area contributed by atoms with Gasteiger partial charge in [-0.25, -0.2) is 4.79 Å². The predicted molar refractivity (Wildman–Crippen MR) is 69.5 cm³/mol. The van der Waals surface area contributed by atoms with Crippen molar-refractivity contribution in [3.63, 3.8) is 0 Å². The van der Waals surface area contributed by atoms with Crippen molar-refractivity contribution in [1.82, 2.24) is 0 Å². The minimum Gasteiger partial charge on any atom is -0.480 e. The van der Waals surface area contributed by atoms with Crippen molar-refractivity contribution in [2.75, 3.05) is 11.5 Å². The van der Waals surface area contributed by atoms with E-state index in [1.54, 1.807) is 0 Å². The van der Waals surface area contributed by atoms with E-state index in [4.69, 9.17) is 26.8 Å². The molecule has 0 radical (unpaired) electrons. The zero-order chi connectivity index (χ0) is 15.6. The Hall–Kier alpha value is -1.78. The van der Waals surface area contributed by atoms with Crippen LogP contribution in [0.4, 0.5) is 0 Å². The average molecular weight is 295 g/mol. The zero-order valence-corrected chi connectivity index (χ0v) is 10.8. The first-order valence-corrected chi connectivity index (χ1v) is 5.97. The first-order valence-electron chi connectivity index (χ1n) is 4.81. The van der Waals surface area contributed by atoms with Gasteiger partial charge in [0.2, 0.25) is 0 Å². The second-order valence-electron chi connectivity index (χ2n) is 3.26. The molecule has 0 aliphatic heterocycles. The van der Waals surface area contributed by atoms with Crippen LogP contribution >= 0.6 is 11.8 Å². The third-order valence-corrected chi connectivity index (χ3v) is 2.69. The molecule has 9 N–H and O–H groups in total. The van der Waals surface area contributed by atoms with E-state index in [-0.39, 0.29) is 17.2 Å². The minimum absolute atomic E-state index is 0.163. The summed E-state index contributed by atoms with van der Waals surface area (Å²) in [5.41, 5.74) is 14.7. The van der Waals surface area contributed by atoms with Gasteiger partial charge in [0.1, 0.15) is 17.8 Å². The Bertz CT molecular complexity index is 317. The summed E-state index contributed by atoms with van der Waals surface area (Å²) in [5.74, 6) is -3.03. The Balaban J connectivity index is 0. The van der Waals surface area contributed by atoms with E-state index < -0.39 is 30.0 Å². The van der Waals surface area contributed by atoms with Gasteiger partial charge in [-0.2, -0.15) is 11.8 Å². The molecule has 0 unspecified atom stereocenters. The number of nitrogens with two attached hydrogens (primary N) is 3. The highest BCUT2D eigenvalue weighted by Gasteiger charge is 2.15. The standard InChI is InChI=1S/C6H12N2O4S.C3H5NO2/c7-3(5(9)10)1-13-2-4(8)6(11)12;1-2(4)3(5)6/h3-4H,1-2,7-8H2,(H,9,10)(H,11,12);1,4H2,(H,5,6)/t3-,4-;/m0./s1. The van der Waals surface area contributed by atoms with Gasteiger partial charge in [0.05, 0.1) is 0 Å². The van der Waals surface area contributed by atoms with Gasteiger partial charge in [0.15, 0.2) is 0 Å². The summed E-state index contributed by atoms with van der Waals surface area (Å²) < 4.78 is 0. The molecule has 9 nitrogen and oxygen atoms in total. The van der Waals surface area contributed by atoms with Gasteiger partial charge < -0.3 is 32.5 Å². The number of carboxylic acids is 3.